The summed E-state index contributed by atoms with van der Waals surface area (Å²) in [5.41, 5.74) is 6.94. The average molecular weight is 239 g/mol. The van der Waals surface area contributed by atoms with E-state index >= 15 is 0 Å². The van der Waals surface area contributed by atoms with Gasteiger partial charge in [-0.1, -0.05) is 25.7 Å². The van der Waals surface area contributed by atoms with Crippen LogP contribution in [-0.2, 0) is 0 Å². The van der Waals surface area contributed by atoms with Crippen molar-refractivity contribution in [1.82, 2.24) is 0 Å². The van der Waals surface area contributed by atoms with Gasteiger partial charge in [-0.3, -0.25) is 0 Å². The summed E-state index contributed by atoms with van der Waals surface area (Å²) < 4.78 is 0. The highest BCUT2D eigenvalue weighted by Gasteiger charge is 2.37. The molecule has 2 rings (SSSR count). The van der Waals surface area contributed by atoms with Gasteiger partial charge in [0, 0.05) is 12.0 Å². The first-order chi connectivity index (χ1) is 7.78. The molecule has 90 valence electrons. The molecule has 1 aromatic rings. The molecule has 0 bridgehead atoms. The number of rotatable bonds is 3. The fourth-order valence-corrected chi connectivity index (χ4v) is 3.48. The Bertz CT molecular complexity index is 302. The molecule has 0 aliphatic heterocycles. The van der Waals surface area contributed by atoms with Crippen LogP contribution < -0.4 is 5.73 Å². The van der Waals surface area contributed by atoms with Crippen LogP contribution in [-0.4, -0.2) is 11.7 Å². The molecule has 1 aromatic heterocycles. The summed E-state index contributed by atoms with van der Waals surface area (Å²) in [6.07, 6.45) is 6.76. The molecule has 1 heterocycles. The maximum Gasteiger partial charge on any atom is 0.0866 e. The Morgan fingerprint density at radius 1 is 1.31 bits per heavy atom. The van der Waals surface area contributed by atoms with Gasteiger partial charge in [0.25, 0.3) is 0 Å². The molecule has 1 aliphatic carbocycles. The van der Waals surface area contributed by atoms with Gasteiger partial charge in [-0.05, 0) is 35.2 Å². The molecule has 1 atom stereocenters. The van der Waals surface area contributed by atoms with Crippen molar-refractivity contribution in [2.45, 2.75) is 44.6 Å². The Kier molecular flexibility index (Phi) is 4.00. The van der Waals surface area contributed by atoms with E-state index in [1.54, 1.807) is 11.3 Å². The Morgan fingerprint density at radius 3 is 2.50 bits per heavy atom. The van der Waals surface area contributed by atoms with E-state index in [9.17, 15) is 5.11 Å². The standard InChI is InChI=1S/C13H21NOS/c14-10-13(6-3-1-2-4-7-13)12(15)11-5-8-16-9-11/h5,8-9,12,15H,1-4,6-7,10,14H2. The Balaban J connectivity index is 2.18. The van der Waals surface area contributed by atoms with Gasteiger partial charge in [0.1, 0.15) is 0 Å². The molecule has 0 aromatic carbocycles. The largest absolute Gasteiger partial charge is 0.388 e. The normalized spacial score (nSPS) is 22.6. The first kappa shape index (κ1) is 12.1. The minimum Gasteiger partial charge on any atom is -0.388 e. The number of hydrogen-bond donors (Lipinski definition) is 2. The fraction of sp³-hybridized carbons (Fsp3) is 0.692. The molecule has 1 aliphatic rings. The first-order valence-electron chi connectivity index (χ1n) is 6.19. The SMILES string of the molecule is NCC1(C(O)c2ccsc2)CCCCCC1. The molecule has 0 radical (unpaired) electrons. The van der Waals surface area contributed by atoms with Crippen LogP contribution in [0.5, 0.6) is 0 Å². The monoisotopic (exact) mass is 239 g/mol. The van der Waals surface area contributed by atoms with Crippen molar-refractivity contribution in [3.8, 4) is 0 Å². The topological polar surface area (TPSA) is 46.2 Å². The van der Waals surface area contributed by atoms with E-state index in [1.807, 2.05) is 16.8 Å². The van der Waals surface area contributed by atoms with Crippen LogP contribution in [0.15, 0.2) is 16.8 Å². The molecule has 3 N–H and O–H groups in total. The Hall–Kier alpha value is -0.380. The molecule has 0 saturated heterocycles. The highest BCUT2D eigenvalue weighted by Crippen LogP contribution is 2.44. The number of thiophene rings is 1. The van der Waals surface area contributed by atoms with Gasteiger partial charge in [0.15, 0.2) is 0 Å². The summed E-state index contributed by atoms with van der Waals surface area (Å²) in [7, 11) is 0. The summed E-state index contributed by atoms with van der Waals surface area (Å²) in [4.78, 5) is 0. The number of aliphatic hydroxyl groups is 1. The molecule has 0 amide bonds. The minimum atomic E-state index is -0.373. The Morgan fingerprint density at radius 2 is 2.00 bits per heavy atom. The molecular weight excluding hydrogens is 218 g/mol. The van der Waals surface area contributed by atoms with E-state index in [2.05, 4.69) is 0 Å². The maximum atomic E-state index is 10.5. The second-order valence-electron chi connectivity index (χ2n) is 4.94. The van der Waals surface area contributed by atoms with Gasteiger partial charge in [-0.15, -0.1) is 0 Å². The molecule has 1 fully saturated rings. The predicted molar refractivity (Wildman–Crippen MR) is 68.5 cm³/mol. The maximum absolute atomic E-state index is 10.5. The summed E-state index contributed by atoms with van der Waals surface area (Å²) in [5.74, 6) is 0. The third-order valence-corrected chi connectivity index (χ3v) is 4.65. The van der Waals surface area contributed by atoms with Gasteiger partial charge < -0.3 is 10.8 Å². The third kappa shape index (κ3) is 2.31. The van der Waals surface area contributed by atoms with Crippen LogP contribution >= 0.6 is 11.3 Å². The highest BCUT2D eigenvalue weighted by atomic mass is 32.1. The summed E-state index contributed by atoms with van der Waals surface area (Å²) in [5, 5.41) is 14.6. The van der Waals surface area contributed by atoms with E-state index in [0.29, 0.717) is 6.54 Å². The summed E-state index contributed by atoms with van der Waals surface area (Å²) in [6, 6.07) is 2.03. The van der Waals surface area contributed by atoms with Crippen molar-refractivity contribution in [3.63, 3.8) is 0 Å². The highest BCUT2D eigenvalue weighted by molar-refractivity contribution is 7.07. The van der Waals surface area contributed by atoms with Crippen molar-refractivity contribution in [1.29, 1.82) is 0 Å². The second kappa shape index (κ2) is 5.30. The first-order valence-corrected chi connectivity index (χ1v) is 7.13. The zero-order chi connectivity index (χ0) is 11.4. The van der Waals surface area contributed by atoms with Crippen LogP contribution in [0.1, 0.15) is 50.2 Å². The summed E-state index contributed by atoms with van der Waals surface area (Å²) >= 11 is 1.65. The van der Waals surface area contributed by atoms with Crippen LogP contribution in [0.3, 0.4) is 0 Å². The lowest BCUT2D eigenvalue weighted by Crippen LogP contribution is -2.36. The molecule has 0 spiro atoms. The molecule has 1 saturated carbocycles. The van der Waals surface area contributed by atoms with Crippen molar-refractivity contribution >= 4 is 11.3 Å². The Labute approximate surface area is 101 Å². The molecule has 2 nitrogen and oxygen atoms in total. The van der Waals surface area contributed by atoms with Crippen LogP contribution in [0.2, 0.25) is 0 Å². The fourth-order valence-electron chi connectivity index (χ4n) is 2.81. The van der Waals surface area contributed by atoms with Crippen molar-refractivity contribution in [2.75, 3.05) is 6.54 Å². The van der Waals surface area contributed by atoms with Crippen molar-refractivity contribution < 1.29 is 5.11 Å². The lowest BCUT2D eigenvalue weighted by molar-refractivity contribution is 0.0169. The number of hydrogen-bond acceptors (Lipinski definition) is 3. The van der Waals surface area contributed by atoms with E-state index in [1.165, 1.54) is 25.7 Å². The van der Waals surface area contributed by atoms with Crippen LogP contribution in [0, 0.1) is 5.41 Å². The van der Waals surface area contributed by atoms with Crippen LogP contribution in [0.4, 0.5) is 0 Å². The predicted octanol–water partition coefficient (Wildman–Crippen LogP) is 3.08. The number of nitrogens with two attached hydrogens (primary N) is 1. The molecule has 1 unspecified atom stereocenters. The summed E-state index contributed by atoms with van der Waals surface area (Å²) in [6.45, 7) is 0.601. The smallest absolute Gasteiger partial charge is 0.0866 e. The van der Waals surface area contributed by atoms with Gasteiger partial charge in [0.2, 0.25) is 0 Å². The molecular formula is C13H21NOS. The zero-order valence-corrected chi connectivity index (χ0v) is 10.5. The van der Waals surface area contributed by atoms with Crippen LogP contribution in [0.25, 0.3) is 0 Å². The number of aliphatic hydroxyl groups excluding tert-OH is 1. The van der Waals surface area contributed by atoms with Crippen molar-refractivity contribution in [3.05, 3.63) is 22.4 Å². The van der Waals surface area contributed by atoms with Gasteiger partial charge in [0.05, 0.1) is 6.10 Å². The lowest BCUT2D eigenvalue weighted by Gasteiger charge is -2.36. The van der Waals surface area contributed by atoms with E-state index in [0.717, 1.165) is 18.4 Å². The minimum absolute atomic E-state index is 0.0719. The molecule has 16 heavy (non-hydrogen) atoms. The van der Waals surface area contributed by atoms with E-state index in [4.69, 9.17) is 5.73 Å². The van der Waals surface area contributed by atoms with Gasteiger partial charge in [-0.25, -0.2) is 0 Å². The lowest BCUT2D eigenvalue weighted by atomic mass is 9.73. The zero-order valence-electron chi connectivity index (χ0n) is 9.69. The van der Waals surface area contributed by atoms with Gasteiger partial charge in [-0.2, -0.15) is 11.3 Å². The van der Waals surface area contributed by atoms with Crippen molar-refractivity contribution in [2.24, 2.45) is 11.1 Å². The quantitative estimate of drug-likeness (QED) is 0.796. The van der Waals surface area contributed by atoms with E-state index < -0.39 is 0 Å². The second-order valence-corrected chi connectivity index (χ2v) is 5.72. The molecule has 3 heteroatoms. The van der Waals surface area contributed by atoms with E-state index in [-0.39, 0.29) is 11.5 Å². The van der Waals surface area contributed by atoms with Gasteiger partial charge >= 0.3 is 0 Å². The average Bonchev–Trinajstić information content (AvgIpc) is 2.73. The third-order valence-electron chi connectivity index (χ3n) is 3.94.